The molecule has 1 fully saturated rings. The third-order valence-corrected chi connectivity index (χ3v) is 7.69. The molecule has 0 saturated carbocycles. The van der Waals surface area contributed by atoms with Crippen LogP contribution in [0.3, 0.4) is 0 Å². The summed E-state index contributed by atoms with van der Waals surface area (Å²) in [7, 11) is 6.97. The van der Waals surface area contributed by atoms with Gasteiger partial charge in [0.1, 0.15) is 28.8 Å². The van der Waals surface area contributed by atoms with Crippen molar-refractivity contribution in [1.29, 1.82) is 0 Å². The molecule has 40 heavy (non-hydrogen) atoms. The fourth-order valence-corrected chi connectivity index (χ4v) is 5.73. The van der Waals surface area contributed by atoms with Gasteiger partial charge in [0.05, 0.1) is 40.3 Å². The van der Waals surface area contributed by atoms with Crippen molar-refractivity contribution < 1.29 is 18.7 Å². The minimum absolute atomic E-state index is 0.0990. The molecule has 2 atom stereocenters. The van der Waals surface area contributed by atoms with Gasteiger partial charge in [-0.3, -0.25) is 4.79 Å². The molecule has 0 amide bonds. The minimum Gasteiger partial charge on any atom is -0.477 e. The van der Waals surface area contributed by atoms with Gasteiger partial charge in [0, 0.05) is 55.7 Å². The number of carboxylic acids is 1. The normalized spacial score (nSPS) is 17.5. The molecule has 10 nitrogen and oxygen atoms in total. The van der Waals surface area contributed by atoms with E-state index in [9.17, 15) is 19.1 Å². The highest BCUT2D eigenvalue weighted by molar-refractivity contribution is 6.18. The van der Waals surface area contributed by atoms with Crippen LogP contribution in [0, 0.1) is 5.82 Å². The zero-order valence-electron chi connectivity index (χ0n) is 22.3. The first-order valence-electron chi connectivity index (χ1n) is 12.7. The number of hydrogen-bond donors (Lipinski definition) is 3. The van der Waals surface area contributed by atoms with E-state index in [2.05, 4.69) is 20.3 Å². The highest BCUT2D eigenvalue weighted by Gasteiger charge is 2.37. The Labute approximate surface area is 226 Å². The van der Waals surface area contributed by atoms with Crippen LogP contribution in [-0.4, -0.2) is 81.9 Å². The molecule has 3 N–H and O–H groups in total. The van der Waals surface area contributed by atoms with Gasteiger partial charge >= 0.3 is 5.97 Å². The van der Waals surface area contributed by atoms with E-state index in [0.717, 1.165) is 0 Å². The predicted molar refractivity (Wildman–Crippen MR) is 151 cm³/mol. The number of rotatable bonds is 5. The number of carboxylic acid groups (broad SMARTS) is 1. The van der Waals surface area contributed by atoms with Gasteiger partial charge in [-0.15, -0.1) is 0 Å². The molecule has 0 bridgehead atoms. The number of hydrogen-bond acceptors (Lipinski definition) is 7. The standard InChI is InChI=1S/C28H27F2N7O3/c1-31-20-7-14(29)6-15-22-24(37-11-19(30)21(12-37)35(2)3)17(9-32-26(22)34-23(15)20)13-5-16-25(38)18(28(39)40)10-36(4)27(16)33-8-13/h5-10,19,21,31H,11-12H2,1-4H3,(H,32,34)(H,39,40). The van der Waals surface area contributed by atoms with Crippen molar-refractivity contribution in [2.75, 3.05) is 44.4 Å². The van der Waals surface area contributed by atoms with Gasteiger partial charge in [0.15, 0.2) is 0 Å². The average Bonchev–Trinajstić information content (AvgIpc) is 3.49. The SMILES string of the molecule is CNc1cc(F)cc2c1[nH]c1ncc(-c3cnc4c(c3)c(=O)c(C(=O)O)cn4C)c(N3CC(F)C(N(C)C)C3)c12. The Hall–Kier alpha value is -4.58. The van der Waals surface area contributed by atoms with E-state index < -0.39 is 23.4 Å². The maximum atomic E-state index is 15.3. The van der Waals surface area contributed by atoms with Crippen molar-refractivity contribution >= 4 is 50.3 Å². The number of aryl methyl sites for hydroxylation is 1. The topological polar surface area (TPSA) is 119 Å². The Kier molecular flexibility index (Phi) is 5.95. The van der Waals surface area contributed by atoms with Crippen molar-refractivity contribution in [3.05, 3.63) is 58.4 Å². The summed E-state index contributed by atoms with van der Waals surface area (Å²) in [5.41, 5.74) is 2.68. The number of pyridine rings is 3. The maximum absolute atomic E-state index is 15.3. The molecule has 2 unspecified atom stereocenters. The van der Waals surface area contributed by atoms with Crippen LogP contribution >= 0.6 is 0 Å². The number of benzene rings is 1. The van der Waals surface area contributed by atoms with Crippen LogP contribution in [0.2, 0.25) is 0 Å². The summed E-state index contributed by atoms with van der Waals surface area (Å²) in [5, 5.41) is 13.9. The quantitative estimate of drug-likeness (QED) is 0.306. The lowest BCUT2D eigenvalue weighted by Crippen LogP contribution is -2.36. The number of carbonyl (C=O) groups is 1. The van der Waals surface area contributed by atoms with Crippen LogP contribution in [0.15, 0.2) is 41.6 Å². The predicted octanol–water partition coefficient (Wildman–Crippen LogP) is 3.60. The highest BCUT2D eigenvalue weighted by Crippen LogP contribution is 2.43. The van der Waals surface area contributed by atoms with E-state index in [-0.39, 0.29) is 23.5 Å². The third kappa shape index (κ3) is 3.86. The Morgan fingerprint density at radius 2 is 1.95 bits per heavy atom. The minimum atomic E-state index is -1.33. The first-order valence-corrected chi connectivity index (χ1v) is 12.7. The third-order valence-electron chi connectivity index (χ3n) is 7.69. The van der Waals surface area contributed by atoms with Crippen LogP contribution < -0.4 is 15.6 Å². The van der Waals surface area contributed by atoms with E-state index in [1.807, 2.05) is 23.9 Å². The fourth-order valence-electron chi connectivity index (χ4n) is 5.73. The van der Waals surface area contributed by atoms with E-state index in [1.54, 1.807) is 32.6 Å². The van der Waals surface area contributed by atoms with E-state index >= 15 is 4.39 Å². The lowest BCUT2D eigenvalue weighted by molar-refractivity contribution is 0.0695. The van der Waals surface area contributed by atoms with Gasteiger partial charge in [-0.2, -0.15) is 0 Å². The Bertz CT molecular complexity index is 1900. The number of halogens is 2. The summed E-state index contributed by atoms with van der Waals surface area (Å²) in [4.78, 5) is 40.9. The summed E-state index contributed by atoms with van der Waals surface area (Å²) in [6.45, 7) is 0.467. The molecule has 12 heteroatoms. The van der Waals surface area contributed by atoms with E-state index in [0.29, 0.717) is 56.6 Å². The van der Waals surface area contributed by atoms with Gasteiger partial charge in [-0.25, -0.2) is 23.5 Å². The first kappa shape index (κ1) is 25.7. The average molecular weight is 548 g/mol. The van der Waals surface area contributed by atoms with Crippen LogP contribution in [0.1, 0.15) is 10.4 Å². The van der Waals surface area contributed by atoms with Gasteiger partial charge < -0.3 is 29.8 Å². The second-order valence-electron chi connectivity index (χ2n) is 10.3. The number of H-pyrrole nitrogens is 1. The molecular weight excluding hydrogens is 520 g/mol. The molecule has 0 spiro atoms. The molecule has 0 aliphatic carbocycles. The summed E-state index contributed by atoms with van der Waals surface area (Å²) >= 11 is 0. The number of nitrogens with one attached hydrogen (secondary N) is 2. The monoisotopic (exact) mass is 547 g/mol. The smallest absolute Gasteiger partial charge is 0.341 e. The summed E-state index contributed by atoms with van der Waals surface area (Å²) in [5.74, 6) is -1.78. The summed E-state index contributed by atoms with van der Waals surface area (Å²) in [6.07, 6.45) is 3.30. The lowest BCUT2D eigenvalue weighted by Gasteiger charge is -2.24. The molecule has 1 aromatic carbocycles. The van der Waals surface area contributed by atoms with Crippen LogP contribution in [-0.2, 0) is 7.05 Å². The number of nitrogens with zero attached hydrogens (tertiary/aromatic N) is 5. The van der Waals surface area contributed by atoms with Gasteiger partial charge in [-0.05, 0) is 32.3 Å². The fraction of sp³-hybridized carbons (Fsp3) is 0.286. The summed E-state index contributed by atoms with van der Waals surface area (Å²) < 4.78 is 31.5. The molecule has 5 heterocycles. The summed E-state index contributed by atoms with van der Waals surface area (Å²) in [6, 6.07) is 4.02. The maximum Gasteiger partial charge on any atom is 0.341 e. The van der Waals surface area contributed by atoms with Gasteiger partial charge in [0.2, 0.25) is 5.43 Å². The molecular formula is C28H27F2N7O3. The highest BCUT2D eigenvalue weighted by atomic mass is 19.1. The Morgan fingerprint density at radius 3 is 2.62 bits per heavy atom. The molecule has 1 aliphatic rings. The Morgan fingerprint density at radius 1 is 1.18 bits per heavy atom. The molecule has 206 valence electrons. The Balaban J connectivity index is 1.68. The molecule has 6 rings (SSSR count). The van der Waals surface area contributed by atoms with E-state index in [1.165, 1.54) is 22.9 Å². The van der Waals surface area contributed by atoms with Crippen molar-refractivity contribution in [2.45, 2.75) is 12.2 Å². The van der Waals surface area contributed by atoms with Gasteiger partial charge in [0.25, 0.3) is 0 Å². The van der Waals surface area contributed by atoms with Crippen molar-refractivity contribution in [3.63, 3.8) is 0 Å². The molecule has 1 aliphatic heterocycles. The van der Waals surface area contributed by atoms with E-state index in [4.69, 9.17) is 0 Å². The molecule has 1 saturated heterocycles. The van der Waals surface area contributed by atoms with Crippen LogP contribution in [0.5, 0.6) is 0 Å². The number of likely N-dealkylation sites (N-methyl/N-ethyl adjacent to an activating group) is 1. The number of fused-ring (bicyclic) bond motifs is 4. The molecule has 5 aromatic rings. The zero-order chi connectivity index (χ0) is 28.5. The second-order valence-corrected chi connectivity index (χ2v) is 10.3. The van der Waals surface area contributed by atoms with Crippen LogP contribution in [0.4, 0.5) is 20.2 Å². The van der Waals surface area contributed by atoms with Crippen molar-refractivity contribution in [2.24, 2.45) is 7.05 Å². The molecule has 0 radical (unpaired) electrons. The largest absolute Gasteiger partial charge is 0.477 e. The van der Waals surface area contributed by atoms with Crippen LogP contribution in [0.25, 0.3) is 44.1 Å². The number of anilines is 2. The van der Waals surface area contributed by atoms with Crippen molar-refractivity contribution in [3.8, 4) is 11.1 Å². The second kappa shape index (κ2) is 9.26. The number of aromatic nitrogens is 4. The lowest BCUT2D eigenvalue weighted by atomic mass is 10.0. The van der Waals surface area contributed by atoms with Gasteiger partial charge in [-0.1, -0.05) is 0 Å². The molecule has 4 aromatic heterocycles. The first-order chi connectivity index (χ1) is 19.1. The number of alkyl halides is 1. The number of aromatic amines is 1. The zero-order valence-corrected chi connectivity index (χ0v) is 22.3. The number of aromatic carboxylic acids is 1. The van der Waals surface area contributed by atoms with Crippen molar-refractivity contribution in [1.82, 2.24) is 24.4 Å².